The van der Waals surface area contributed by atoms with Gasteiger partial charge in [-0.15, -0.1) is 0 Å². The van der Waals surface area contributed by atoms with Crippen LogP contribution in [0.1, 0.15) is 25.5 Å². The van der Waals surface area contributed by atoms with E-state index in [4.69, 9.17) is 9.47 Å². The number of carbonyl (C=O) groups excluding carboxylic acids is 1. The van der Waals surface area contributed by atoms with E-state index in [2.05, 4.69) is 10.0 Å². The van der Waals surface area contributed by atoms with Gasteiger partial charge in [0.2, 0.25) is 15.9 Å². The number of rotatable bonds is 7. The van der Waals surface area contributed by atoms with Crippen molar-refractivity contribution in [3.63, 3.8) is 0 Å². The number of methoxy groups -OCH3 is 2. The molecule has 1 amide bonds. The van der Waals surface area contributed by atoms with E-state index in [0.717, 1.165) is 5.56 Å². The molecule has 0 saturated carbocycles. The summed E-state index contributed by atoms with van der Waals surface area (Å²) in [6.45, 7) is 3.13. The molecule has 2 rings (SSSR count). The number of ether oxygens (including phenoxy) is 2. The largest absolute Gasteiger partial charge is 0.493 e. The summed E-state index contributed by atoms with van der Waals surface area (Å²) in [4.78, 5) is 11.1. The first kappa shape index (κ1) is 19.7. The molecular formula is C18H22N2O5S. The van der Waals surface area contributed by atoms with E-state index in [1.165, 1.54) is 45.4 Å². The second-order valence-electron chi connectivity index (χ2n) is 5.66. The summed E-state index contributed by atoms with van der Waals surface area (Å²) >= 11 is 0. The number of benzene rings is 2. The molecule has 2 N–H and O–H groups in total. The lowest BCUT2D eigenvalue weighted by Crippen LogP contribution is -2.27. The normalized spacial score (nSPS) is 12.3. The van der Waals surface area contributed by atoms with Crippen LogP contribution >= 0.6 is 0 Å². The number of hydrogen-bond acceptors (Lipinski definition) is 5. The van der Waals surface area contributed by atoms with Gasteiger partial charge in [-0.1, -0.05) is 6.07 Å². The van der Waals surface area contributed by atoms with Crippen LogP contribution in [0, 0.1) is 0 Å². The molecule has 0 aliphatic heterocycles. The summed E-state index contributed by atoms with van der Waals surface area (Å²) in [5, 5.41) is 2.59. The van der Waals surface area contributed by atoms with Gasteiger partial charge in [-0.05, 0) is 48.9 Å². The third kappa shape index (κ3) is 4.74. The lowest BCUT2D eigenvalue weighted by atomic mass is 10.1. The van der Waals surface area contributed by atoms with Crippen molar-refractivity contribution in [3.05, 3.63) is 48.0 Å². The molecule has 0 aliphatic rings. The molecule has 0 saturated heterocycles. The smallest absolute Gasteiger partial charge is 0.241 e. The van der Waals surface area contributed by atoms with Gasteiger partial charge < -0.3 is 14.8 Å². The van der Waals surface area contributed by atoms with Crippen molar-refractivity contribution in [2.24, 2.45) is 0 Å². The van der Waals surface area contributed by atoms with Crippen molar-refractivity contribution in [2.75, 3.05) is 19.5 Å². The fraction of sp³-hybridized carbons (Fsp3) is 0.278. The second-order valence-corrected chi connectivity index (χ2v) is 7.38. The fourth-order valence-corrected chi connectivity index (χ4v) is 3.64. The molecule has 7 nitrogen and oxygen atoms in total. The van der Waals surface area contributed by atoms with Crippen LogP contribution in [0.5, 0.6) is 11.5 Å². The first-order valence-corrected chi connectivity index (χ1v) is 9.37. The van der Waals surface area contributed by atoms with Crippen molar-refractivity contribution in [2.45, 2.75) is 24.8 Å². The Morgan fingerprint density at radius 3 is 2.15 bits per heavy atom. The second kappa shape index (κ2) is 8.20. The molecule has 0 fully saturated rings. The van der Waals surface area contributed by atoms with Crippen LogP contribution in [0.3, 0.4) is 0 Å². The summed E-state index contributed by atoms with van der Waals surface area (Å²) in [5.74, 6) is 0.872. The van der Waals surface area contributed by atoms with E-state index in [1.54, 1.807) is 25.1 Å². The van der Waals surface area contributed by atoms with Crippen molar-refractivity contribution in [3.8, 4) is 11.5 Å². The summed E-state index contributed by atoms with van der Waals surface area (Å²) in [7, 11) is -0.666. The quantitative estimate of drug-likeness (QED) is 0.773. The minimum atomic E-state index is -3.72. The average Bonchev–Trinajstić information content (AvgIpc) is 2.60. The Kier molecular flexibility index (Phi) is 6.23. The van der Waals surface area contributed by atoms with Gasteiger partial charge in [0.15, 0.2) is 11.5 Å². The number of hydrogen-bond donors (Lipinski definition) is 2. The first-order valence-electron chi connectivity index (χ1n) is 7.88. The van der Waals surface area contributed by atoms with Crippen molar-refractivity contribution in [1.29, 1.82) is 0 Å². The highest BCUT2D eigenvalue weighted by molar-refractivity contribution is 7.89. The minimum Gasteiger partial charge on any atom is -0.493 e. The van der Waals surface area contributed by atoms with Crippen LogP contribution in [0.15, 0.2) is 47.4 Å². The Morgan fingerprint density at radius 1 is 1.00 bits per heavy atom. The number of nitrogens with one attached hydrogen (secondary N) is 2. The molecule has 0 radical (unpaired) electrons. The van der Waals surface area contributed by atoms with Crippen LogP contribution < -0.4 is 19.5 Å². The summed E-state index contributed by atoms with van der Waals surface area (Å²) in [6.07, 6.45) is 0. The van der Waals surface area contributed by atoms with Gasteiger partial charge in [-0.2, -0.15) is 0 Å². The number of sulfonamides is 1. The fourth-order valence-electron chi connectivity index (χ4n) is 2.41. The van der Waals surface area contributed by atoms with Crippen LogP contribution in [0.25, 0.3) is 0 Å². The van der Waals surface area contributed by atoms with Gasteiger partial charge in [-0.3, -0.25) is 4.79 Å². The minimum absolute atomic E-state index is 0.110. The zero-order chi connectivity index (χ0) is 19.3. The molecule has 1 atom stereocenters. The zero-order valence-corrected chi connectivity index (χ0v) is 15.9. The zero-order valence-electron chi connectivity index (χ0n) is 15.1. The van der Waals surface area contributed by atoms with E-state index in [-0.39, 0.29) is 10.8 Å². The Morgan fingerprint density at radius 2 is 1.62 bits per heavy atom. The lowest BCUT2D eigenvalue weighted by Gasteiger charge is -2.17. The Balaban J connectivity index is 2.19. The van der Waals surface area contributed by atoms with Crippen molar-refractivity contribution in [1.82, 2.24) is 4.72 Å². The molecule has 0 aliphatic carbocycles. The number of anilines is 1. The molecular weight excluding hydrogens is 356 g/mol. The molecule has 0 bridgehead atoms. The summed E-state index contributed by atoms with van der Waals surface area (Å²) in [6, 6.07) is 10.7. The highest BCUT2D eigenvalue weighted by Gasteiger charge is 2.19. The lowest BCUT2D eigenvalue weighted by molar-refractivity contribution is -0.114. The van der Waals surface area contributed by atoms with Crippen molar-refractivity contribution < 1.29 is 22.7 Å². The highest BCUT2D eigenvalue weighted by Crippen LogP contribution is 2.30. The average molecular weight is 378 g/mol. The highest BCUT2D eigenvalue weighted by atomic mass is 32.2. The third-order valence-corrected chi connectivity index (χ3v) is 5.28. The van der Waals surface area contributed by atoms with Gasteiger partial charge in [0.05, 0.1) is 19.1 Å². The SMILES string of the molecule is COc1ccc([C@H](C)NS(=O)(=O)c2ccc(NC(C)=O)cc2)cc1OC. The molecule has 26 heavy (non-hydrogen) atoms. The Bertz CT molecular complexity index is 879. The molecule has 2 aromatic rings. The van der Waals surface area contributed by atoms with E-state index in [9.17, 15) is 13.2 Å². The molecule has 8 heteroatoms. The van der Waals surface area contributed by atoms with E-state index >= 15 is 0 Å². The first-order chi connectivity index (χ1) is 12.3. The monoisotopic (exact) mass is 378 g/mol. The number of amides is 1. The molecule has 0 heterocycles. The molecule has 0 aromatic heterocycles. The standard InChI is InChI=1S/C18H22N2O5S/c1-12(14-5-10-17(24-3)18(11-14)25-4)20-26(22,23)16-8-6-15(7-9-16)19-13(2)21/h5-12,20H,1-4H3,(H,19,21)/t12-/m0/s1. The van der Waals surface area contributed by atoms with Gasteiger partial charge in [0.25, 0.3) is 0 Å². The maximum Gasteiger partial charge on any atom is 0.241 e. The maximum atomic E-state index is 12.6. The predicted molar refractivity (Wildman–Crippen MR) is 99.0 cm³/mol. The van der Waals surface area contributed by atoms with Gasteiger partial charge in [0, 0.05) is 18.7 Å². The Labute approximate surface area is 153 Å². The van der Waals surface area contributed by atoms with E-state index in [0.29, 0.717) is 17.2 Å². The molecule has 0 spiro atoms. The molecule has 2 aromatic carbocycles. The Hall–Kier alpha value is -2.58. The topological polar surface area (TPSA) is 93.7 Å². The van der Waals surface area contributed by atoms with E-state index in [1.807, 2.05) is 0 Å². The summed E-state index contributed by atoms with van der Waals surface area (Å²) < 4.78 is 38.2. The molecule has 140 valence electrons. The number of carbonyl (C=O) groups is 1. The van der Waals surface area contributed by atoms with Crippen molar-refractivity contribution >= 4 is 21.6 Å². The van der Waals surface area contributed by atoms with Crippen LogP contribution in [-0.4, -0.2) is 28.5 Å². The maximum absolute atomic E-state index is 12.6. The van der Waals surface area contributed by atoms with Crippen LogP contribution in [0.4, 0.5) is 5.69 Å². The predicted octanol–water partition coefficient (Wildman–Crippen LogP) is 2.70. The van der Waals surface area contributed by atoms with Gasteiger partial charge >= 0.3 is 0 Å². The van der Waals surface area contributed by atoms with Gasteiger partial charge in [-0.25, -0.2) is 13.1 Å². The summed E-state index contributed by atoms with van der Waals surface area (Å²) in [5.41, 5.74) is 1.27. The molecule has 0 unspecified atom stereocenters. The van der Waals surface area contributed by atoms with E-state index < -0.39 is 16.1 Å². The van der Waals surface area contributed by atoms with Gasteiger partial charge in [0.1, 0.15) is 0 Å². The van der Waals surface area contributed by atoms with Crippen LogP contribution in [0.2, 0.25) is 0 Å². The van der Waals surface area contributed by atoms with Crippen LogP contribution in [-0.2, 0) is 14.8 Å². The third-order valence-electron chi connectivity index (χ3n) is 3.72.